The average Bonchev–Trinajstić information content (AvgIpc) is 2.30. The highest BCUT2D eigenvalue weighted by atomic mass is 16.3. The molecule has 80 valence electrons. The van der Waals surface area contributed by atoms with Crippen molar-refractivity contribution in [2.75, 3.05) is 13.2 Å². The summed E-state index contributed by atoms with van der Waals surface area (Å²) in [5.74, 6) is -0.188. The van der Waals surface area contributed by atoms with Crippen LogP contribution in [0.25, 0.3) is 0 Å². The maximum absolute atomic E-state index is 9.09. The number of rotatable bonds is 3. The lowest BCUT2D eigenvalue weighted by Crippen LogP contribution is -2.09. The van der Waals surface area contributed by atoms with Gasteiger partial charge in [0.15, 0.2) is 0 Å². The van der Waals surface area contributed by atoms with Crippen molar-refractivity contribution < 1.29 is 10.2 Å². The molecule has 1 aliphatic heterocycles. The van der Waals surface area contributed by atoms with Crippen LogP contribution in [0.1, 0.15) is 23.5 Å². The Morgan fingerprint density at radius 2 is 2.07 bits per heavy atom. The van der Waals surface area contributed by atoms with E-state index in [2.05, 4.69) is 4.99 Å². The fourth-order valence-corrected chi connectivity index (χ4v) is 1.82. The van der Waals surface area contributed by atoms with Crippen molar-refractivity contribution in [3.05, 3.63) is 29.3 Å². The molecular formula is C12H15NO2. The number of aliphatic imine (C=N–C) groups is 1. The van der Waals surface area contributed by atoms with Crippen LogP contribution in [0, 0.1) is 0 Å². The summed E-state index contributed by atoms with van der Waals surface area (Å²) in [7, 11) is 0. The van der Waals surface area contributed by atoms with Crippen LogP contribution in [0.2, 0.25) is 0 Å². The summed E-state index contributed by atoms with van der Waals surface area (Å²) in [4.78, 5) is 4.32. The minimum Gasteiger partial charge on any atom is -0.396 e. The Labute approximate surface area is 89.1 Å². The first-order valence-corrected chi connectivity index (χ1v) is 5.22. The predicted molar refractivity (Wildman–Crippen MR) is 59.8 cm³/mol. The summed E-state index contributed by atoms with van der Waals surface area (Å²) >= 11 is 0. The summed E-state index contributed by atoms with van der Waals surface area (Å²) in [6.07, 6.45) is 3.94. The first-order valence-electron chi connectivity index (χ1n) is 5.22. The third-order valence-electron chi connectivity index (χ3n) is 2.79. The maximum atomic E-state index is 9.09. The van der Waals surface area contributed by atoms with Gasteiger partial charge in [-0.3, -0.25) is 4.99 Å². The Morgan fingerprint density at radius 3 is 2.80 bits per heavy atom. The molecule has 0 bridgehead atoms. The van der Waals surface area contributed by atoms with Gasteiger partial charge in [0.05, 0.1) is 18.9 Å². The van der Waals surface area contributed by atoms with E-state index < -0.39 is 0 Å². The maximum Gasteiger partial charge on any atom is 0.0660 e. The molecule has 3 nitrogen and oxygen atoms in total. The van der Waals surface area contributed by atoms with E-state index in [1.807, 2.05) is 24.4 Å². The molecular weight excluding hydrogens is 190 g/mol. The van der Waals surface area contributed by atoms with Crippen LogP contribution in [-0.2, 0) is 6.42 Å². The molecule has 1 aromatic rings. The number of hydrogen-bond acceptors (Lipinski definition) is 3. The molecule has 15 heavy (non-hydrogen) atoms. The lowest BCUT2D eigenvalue weighted by atomic mass is 9.96. The zero-order valence-corrected chi connectivity index (χ0v) is 8.56. The molecule has 0 spiro atoms. The van der Waals surface area contributed by atoms with Crippen LogP contribution in [0.4, 0.5) is 5.69 Å². The first-order chi connectivity index (χ1) is 7.35. The molecule has 0 fully saturated rings. The van der Waals surface area contributed by atoms with E-state index in [-0.39, 0.29) is 19.1 Å². The second-order valence-corrected chi connectivity index (χ2v) is 3.80. The van der Waals surface area contributed by atoms with Crippen LogP contribution < -0.4 is 0 Å². The Balaban J connectivity index is 2.32. The molecule has 2 rings (SSSR count). The van der Waals surface area contributed by atoms with Gasteiger partial charge in [0, 0.05) is 12.1 Å². The summed E-state index contributed by atoms with van der Waals surface area (Å²) in [6.45, 7) is -0.0575. The highest BCUT2D eigenvalue weighted by molar-refractivity contribution is 5.69. The lowest BCUT2D eigenvalue weighted by Gasteiger charge is -2.15. The highest BCUT2D eigenvalue weighted by Crippen LogP contribution is 2.28. The largest absolute Gasteiger partial charge is 0.396 e. The fourth-order valence-electron chi connectivity index (χ4n) is 1.82. The van der Waals surface area contributed by atoms with Gasteiger partial charge in [-0.1, -0.05) is 12.1 Å². The minimum atomic E-state index is -0.188. The molecule has 0 saturated heterocycles. The van der Waals surface area contributed by atoms with Gasteiger partial charge in [0.2, 0.25) is 0 Å². The van der Waals surface area contributed by atoms with Crippen LogP contribution in [0.3, 0.4) is 0 Å². The SMILES string of the molecule is OCC(CO)c1ccc2c(c1)N=CCC2. The number of hydrogen-bond donors (Lipinski definition) is 2. The summed E-state index contributed by atoms with van der Waals surface area (Å²) < 4.78 is 0. The van der Waals surface area contributed by atoms with Crippen molar-refractivity contribution in [1.29, 1.82) is 0 Å². The van der Waals surface area contributed by atoms with E-state index in [0.717, 1.165) is 24.1 Å². The number of aliphatic hydroxyl groups is 2. The molecule has 1 aromatic carbocycles. The predicted octanol–water partition coefficient (Wildman–Crippen LogP) is 1.40. The lowest BCUT2D eigenvalue weighted by molar-refractivity contribution is 0.192. The van der Waals surface area contributed by atoms with Gasteiger partial charge in [0.25, 0.3) is 0 Å². The molecule has 0 aromatic heterocycles. The smallest absolute Gasteiger partial charge is 0.0660 e. The highest BCUT2D eigenvalue weighted by Gasteiger charge is 2.12. The van der Waals surface area contributed by atoms with E-state index in [9.17, 15) is 0 Å². The van der Waals surface area contributed by atoms with Gasteiger partial charge >= 0.3 is 0 Å². The number of fused-ring (bicyclic) bond motifs is 1. The van der Waals surface area contributed by atoms with Crippen LogP contribution in [0.15, 0.2) is 23.2 Å². The van der Waals surface area contributed by atoms with Crippen molar-refractivity contribution in [3.8, 4) is 0 Å². The van der Waals surface area contributed by atoms with Gasteiger partial charge < -0.3 is 10.2 Å². The molecule has 0 amide bonds. The van der Waals surface area contributed by atoms with Crippen molar-refractivity contribution in [1.82, 2.24) is 0 Å². The second kappa shape index (κ2) is 4.55. The third-order valence-corrected chi connectivity index (χ3v) is 2.79. The van der Waals surface area contributed by atoms with E-state index in [1.165, 1.54) is 5.56 Å². The fraction of sp³-hybridized carbons (Fsp3) is 0.417. The van der Waals surface area contributed by atoms with Crippen molar-refractivity contribution in [2.24, 2.45) is 4.99 Å². The van der Waals surface area contributed by atoms with Crippen molar-refractivity contribution >= 4 is 11.9 Å². The molecule has 0 atom stereocenters. The van der Waals surface area contributed by atoms with Crippen LogP contribution in [-0.4, -0.2) is 29.6 Å². The van der Waals surface area contributed by atoms with Gasteiger partial charge in [0.1, 0.15) is 0 Å². The zero-order chi connectivity index (χ0) is 10.7. The Kier molecular flexibility index (Phi) is 3.14. The third kappa shape index (κ3) is 2.08. The van der Waals surface area contributed by atoms with E-state index >= 15 is 0 Å². The Bertz CT molecular complexity index is 370. The number of nitrogens with zero attached hydrogens (tertiary/aromatic N) is 1. The molecule has 0 radical (unpaired) electrons. The molecule has 0 aliphatic carbocycles. The molecule has 0 unspecified atom stereocenters. The van der Waals surface area contributed by atoms with E-state index in [4.69, 9.17) is 10.2 Å². The normalized spacial score (nSPS) is 14.3. The quantitative estimate of drug-likeness (QED) is 0.783. The van der Waals surface area contributed by atoms with Gasteiger partial charge in [-0.2, -0.15) is 0 Å². The second-order valence-electron chi connectivity index (χ2n) is 3.80. The Morgan fingerprint density at radius 1 is 1.27 bits per heavy atom. The van der Waals surface area contributed by atoms with Gasteiger partial charge in [-0.15, -0.1) is 0 Å². The molecule has 1 heterocycles. The van der Waals surface area contributed by atoms with E-state index in [1.54, 1.807) is 0 Å². The first kappa shape index (κ1) is 10.3. The van der Waals surface area contributed by atoms with Crippen molar-refractivity contribution in [3.63, 3.8) is 0 Å². The summed E-state index contributed by atoms with van der Waals surface area (Å²) in [5.41, 5.74) is 3.18. The van der Waals surface area contributed by atoms with Gasteiger partial charge in [-0.05, 0) is 30.0 Å². The molecule has 3 heteroatoms. The summed E-state index contributed by atoms with van der Waals surface area (Å²) in [6, 6.07) is 5.97. The van der Waals surface area contributed by atoms with E-state index in [0.29, 0.717) is 0 Å². The van der Waals surface area contributed by atoms with Gasteiger partial charge in [-0.25, -0.2) is 0 Å². The topological polar surface area (TPSA) is 52.8 Å². The standard InChI is InChI=1S/C12H15NO2/c14-7-11(8-15)10-4-3-9-2-1-5-13-12(9)6-10/h3-6,11,14-15H,1-2,7-8H2. The monoisotopic (exact) mass is 205 g/mol. The van der Waals surface area contributed by atoms with Crippen LogP contribution >= 0.6 is 0 Å². The van der Waals surface area contributed by atoms with Crippen molar-refractivity contribution in [2.45, 2.75) is 18.8 Å². The average molecular weight is 205 g/mol. The number of aliphatic hydroxyl groups excluding tert-OH is 2. The molecule has 0 saturated carbocycles. The number of benzene rings is 1. The molecule has 1 aliphatic rings. The minimum absolute atomic E-state index is 0.0288. The Hall–Kier alpha value is -1.19. The number of aryl methyl sites for hydroxylation is 1. The zero-order valence-electron chi connectivity index (χ0n) is 8.56. The summed E-state index contributed by atoms with van der Waals surface area (Å²) in [5, 5.41) is 18.2. The molecule has 2 N–H and O–H groups in total. The van der Waals surface area contributed by atoms with Crippen LogP contribution in [0.5, 0.6) is 0 Å².